The second-order valence-corrected chi connectivity index (χ2v) is 5.56. The number of rotatable bonds is 1. The van der Waals surface area contributed by atoms with E-state index in [1.807, 2.05) is 12.1 Å². The van der Waals surface area contributed by atoms with Crippen molar-refractivity contribution in [2.24, 2.45) is 17.6 Å². The van der Waals surface area contributed by atoms with E-state index in [2.05, 4.69) is 11.8 Å². The Labute approximate surface area is 124 Å². The van der Waals surface area contributed by atoms with Crippen molar-refractivity contribution in [1.29, 1.82) is 0 Å². The quantitative estimate of drug-likeness (QED) is 0.629. The predicted molar refractivity (Wildman–Crippen MR) is 80.3 cm³/mol. The fourth-order valence-electron chi connectivity index (χ4n) is 3.26. The third kappa shape index (κ3) is 2.45. The Morgan fingerprint density at radius 2 is 1.62 bits per heavy atom. The van der Waals surface area contributed by atoms with Crippen molar-refractivity contribution in [2.75, 3.05) is 11.4 Å². The molecule has 2 fully saturated rings. The highest BCUT2D eigenvalue weighted by Crippen LogP contribution is 2.39. The molecule has 1 aliphatic carbocycles. The van der Waals surface area contributed by atoms with Gasteiger partial charge in [-0.1, -0.05) is 24.7 Å². The molecule has 1 saturated heterocycles. The molecule has 2 amide bonds. The van der Waals surface area contributed by atoms with Crippen LogP contribution in [-0.4, -0.2) is 18.4 Å². The molecule has 108 valence electrons. The zero-order chi connectivity index (χ0) is 14.8. The van der Waals surface area contributed by atoms with Crippen LogP contribution in [0.4, 0.5) is 5.69 Å². The van der Waals surface area contributed by atoms with Crippen molar-refractivity contribution in [1.82, 2.24) is 0 Å². The summed E-state index contributed by atoms with van der Waals surface area (Å²) in [4.78, 5) is 26.3. The Morgan fingerprint density at radius 3 is 2.14 bits per heavy atom. The maximum atomic E-state index is 12.5. The number of benzene rings is 1. The van der Waals surface area contributed by atoms with Crippen molar-refractivity contribution in [2.45, 2.75) is 25.7 Å². The summed E-state index contributed by atoms with van der Waals surface area (Å²) < 4.78 is 0. The smallest absolute Gasteiger partial charge is 0.237 e. The van der Waals surface area contributed by atoms with Crippen LogP contribution < -0.4 is 10.6 Å². The maximum absolute atomic E-state index is 12.5. The lowest BCUT2D eigenvalue weighted by Gasteiger charge is -2.19. The minimum absolute atomic E-state index is 0.0366. The van der Waals surface area contributed by atoms with Crippen molar-refractivity contribution < 1.29 is 9.59 Å². The highest BCUT2D eigenvalue weighted by atomic mass is 16.2. The lowest BCUT2D eigenvalue weighted by Crippen LogP contribution is -2.30. The zero-order valence-electron chi connectivity index (χ0n) is 11.8. The van der Waals surface area contributed by atoms with Crippen molar-refractivity contribution in [3.05, 3.63) is 29.8 Å². The molecule has 0 spiro atoms. The summed E-state index contributed by atoms with van der Waals surface area (Å²) >= 11 is 0. The van der Waals surface area contributed by atoms with Crippen LogP contribution >= 0.6 is 0 Å². The first kappa shape index (κ1) is 13.8. The van der Waals surface area contributed by atoms with Gasteiger partial charge in [0.25, 0.3) is 0 Å². The SMILES string of the molecule is NCC#Cc1ccc(N2C(=O)C3CCCCC3C2=O)cc1. The molecule has 2 aliphatic rings. The second kappa shape index (κ2) is 5.71. The molecule has 0 aromatic heterocycles. The summed E-state index contributed by atoms with van der Waals surface area (Å²) in [5.74, 6) is 5.42. The Kier molecular flexibility index (Phi) is 3.76. The molecule has 0 radical (unpaired) electrons. The predicted octanol–water partition coefficient (Wildman–Crippen LogP) is 1.68. The second-order valence-electron chi connectivity index (χ2n) is 5.56. The van der Waals surface area contributed by atoms with Gasteiger partial charge in [0.2, 0.25) is 11.8 Å². The molecular weight excluding hydrogens is 264 g/mol. The molecule has 2 unspecified atom stereocenters. The van der Waals surface area contributed by atoms with Gasteiger partial charge in [-0.15, -0.1) is 0 Å². The van der Waals surface area contributed by atoms with Crippen LogP contribution in [0.5, 0.6) is 0 Å². The van der Waals surface area contributed by atoms with E-state index in [1.165, 1.54) is 4.90 Å². The zero-order valence-corrected chi connectivity index (χ0v) is 11.8. The molecule has 4 nitrogen and oxygen atoms in total. The maximum Gasteiger partial charge on any atom is 0.237 e. The normalized spacial score (nSPS) is 24.5. The summed E-state index contributed by atoms with van der Waals surface area (Å²) in [6.45, 7) is 0.314. The highest BCUT2D eigenvalue weighted by Gasteiger charge is 2.48. The lowest BCUT2D eigenvalue weighted by atomic mass is 9.81. The Bertz CT molecular complexity index is 600. The standard InChI is InChI=1S/C17H18N2O2/c18-11-3-4-12-7-9-13(10-8-12)19-16(20)14-5-1-2-6-15(14)17(19)21/h7-10,14-15H,1-2,5-6,11,18H2. The number of imide groups is 1. The van der Waals surface area contributed by atoms with Crippen molar-refractivity contribution >= 4 is 17.5 Å². The number of amides is 2. The third-order valence-electron chi connectivity index (χ3n) is 4.30. The molecule has 4 heteroatoms. The monoisotopic (exact) mass is 282 g/mol. The largest absolute Gasteiger partial charge is 0.320 e. The molecule has 2 N–H and O–H groups in total. The third-order valence-corrected chi connectivity index (χ3v) is 4.30. The topological polar surface area (TPSA) is 63.4 Å². The van der Waals surface area contributed by atoms with Gasteiger partial charge in [0.1, 0.15) is 0 Å². The van der Waals surface area contributed by atoms with E-state index in [0.717, 1.165) is 31.2 Å². The summed E-state index contributed by atoms with van der Waals surface area (Å²) in [6, 6.07) is 7.21. The molecule has 21 heavy (non-hydrogen) atoms. The number of carbonyl (C=O) groups is 2. The molecule has 0 bridgehead atoms. The first-order valence-corrected chi connectivity index (χ1v) is 7.39. The first-order valence-electron chi connectivity index (χ1n) is 7.39. The highest BCUT2D eigenvalue weighted by molar-refractivity contribution is 6.22. The minimum Gasteiger partial charge on any atom is -0.320 e. The van der Waals surface area contributed by atoms with E-state index in [1.54, 1.807) is 12.1 Å². The van der Waals surface area contributed by atoms with Gasteiger partial charge in [-0.3, -0.25) is 14.5 Å². The van der Waals surface area contributed by atoms with Crippen LogP contribution in [0.25, 0.3) is 0 Å². The van der Waals surface area contributed by atoms with Gasteiger partial charge < -0.3 is 5.73 Å². The molecule has 1 aliphatic heterocycles. The average Bonchev–Trinajstić information content (AvgIpc) is 2.78. The van der Waals surface area contributed by atoms with E-state index >= 15 is 0 Å². The average molecular weight is 282 g/mol. The minimum atomic E-state index is -0.108. The van der Waals surface area contributed by atoms with Crippen LogP contribution in [-0.2, 0) is 9.59 Å². The summed E-state index contributed by atoms with van der Waals surface area (Å²) in [6.07, 6.45) is 3.76. The molecule has 1 heterocycles. The van der Waals surface area contributed by atoms with E-state index < -0.39 is 0 Å². The number of hydrogen-bond donors (Lipinski definition) is 1. The Hall–Kier alpha value is -2.12. The molecule has 1 aromatic carbocycles. The summed E-state index contributed by atoms with van der Waals surface area (Å²) in [5.41, 5.74) is 6.82. The van der Waals surface area contributed by atoms with Gasteiger partial charge in [0.05, 0.1) is 24.1 Å². The van der Waals surface area contributed by atoms with Gasteiger partial charge in [0.15, 0.2) is 0 Å². The van der Waals surface area contributed by atoms with Crippen molar-refractivity contribution in [3.63, 3.8) is 0 Å². The number of nitrogens with two attached hydrogens (primary N) is 1. The van der Waals surface area contributed by atoms with E-state index in [-0.39, 0.29) is 23.7 Å². The Balaban J connectivity index is 1.86. The molecule has 2 atom stereocenters. The molecule has 3 rings (SSSR count). The number of fused-ring (bicyclic) bond motifs is 1. The number of carbonyl (C=O) groups excluding carboxylic acids is 2. The summed E-state index contributed by atoms with van der Waals surface area (Å²) in [7, 11) is 0. The Morgan fingerprint density at radius 1 is 1.05 bits per heavy atom. The van der Waals surface area contributed by atoms with Gasteiger partial charge in [0, 0.05) is 5.56 Å². The van der Waals surface area contributed by atoms with Crippen LogP contribution in [0.15, 0.2) is 24.3 Å². The van der Waals surface area contributed by atoms with Gasteiger partial charge in [-0.05, 0) is 37.1 Å². The lowest BCUT2D eigenvalue weighted by molar-refractivity contribution is -0.122. The molecule has 1 saturated carbocycles. The van der Waals surface area contributed by atoms with E-state index in [0.29, 0.717) is 12.2 Å². The van der Waals surface area contributed by atoms with Gasteiger partial charge in [-0.2, -0.15) is 0 Å². The van der Waals surface area contributed by atoms with E-state index in [4.69, 9.17) is 5.73 Å². The van der Waals surface area contributed by atoms with E-state index in [9.17, 15) is 9.59 Å². The van der Waals surface area contributed by atoms with Crippen molar-refractivity contribution in [3.8, 4) is 11.8 Å². The molecular formula is C17H18N2O2. The fourth-order valence-corrected chi connectivity index (χ4v) is 3.26. The number of hydrogen-bond acceptors (Lipinski definition) is 3. The van der Waals surface area contributed by atoms with Gasteiger partial charge in [-0.25, -0.2) is 0 Å². The van der Waals surface area contributed by atoms with Crippen LogP contribution in [0.2, 0.25) is 0 Å². The molecule has 1 aromatic rings. The van der Waals surface area contributed by atoms with Gasteiger partial charge >= 0.3 is 0 Å². The van der Waals surface area contributed by atoms with Crippen LogP contribution in [0, 0.1) is 23.7 Å². The number of nitrogens with zero attached hydrogens (tertiary/aromatic N) is 1. The van der Waals surface area contributed by atoms with Crippen LogP contribution in [0.1, 0.15) is 31.2 Å². The first-order chi connectivity index (χ1) is 10.2. The van der Waals surface area contributed by atoms with Crippen LogP contribution in [0.3, 0.4) is 0 Å². The summed E-state index contributed by atoms with van der Waals surface area (Å²) in [5, 5.41) is 0. The number of anilines is 1. The fraction of sp³-hybridized carbons (Fsp3) is 0.412.